The fourth-order valence-electron chi connectivity index (χ4n) is 1.67. The van der Waals surface area contributed by atoms with Gasteiger partial charge in [-0.05, 0) is 35.8 Å². The van der Waals surface area contributed by atoms with Gasteiger partial charge in [-0.2, -0.15) is 0 Å². The van der Waals surface area contributed by atoms with Crippen molar-refractivity contribution < 1.29 is 0 Å². The molecule has 3 aromatic rings. The van der Waals surface area contributed by atoms with Gasteiger partial charge in [0.25, 0.3) is 5.56 Å². The molecule has 0 saturated heterocycles. The molecule has 4 nitrogen and oxygen atoms in total. The molecule has 2 heterocycles. The number of nitrogens with zero attached hydrogens (tertiary/aromatic N) is 3. The normalized spacial score (nSPS) is 10.7. The molecule has 18 heavy (non-hydrogen) atoms. The molecular formula is C12H8ClN3OS. The van der Waals surface area contributed by atoms with Crippen LogP contribution in [0.15, 0.2) is 53.8 Å². The third-order valence-corrected chi connectivity index (χ3v) is 3.68. The van der Waals surface area contributed by atoms with Crippen molar-refractivity contribution in [2.75, 3.05) is 0 Å². The molecule has 0 radical (unpaired) electrons. The highest BCUT2D eigenvalue weighted by atomic mass is 35.5. The van der Waals surface area contributed by atoms with Crippen LogP contribution in [0.3, 0.4) is 0 Å². The Hall–Kier alpha value is -1.85. The van der Waals surface area contributed by atoms with Crippen molar-refractivity contribution in [1.29, 1.82) is 0 Å². The lowest BCUT2D eigenvalue weighted by molar-refractivity contribution is 1.05. The van der Waals surface area contributed by atoms with E-state index in [1.54, 1.807) is 16.5 Å². The second kappa shape index (κ2) is 4.44. The Morgan fingerprint density at radius 3 is 2.44 bits per heavy atom. The van der Waals surface area contributed by atoms with E-state index in [1.165, 1.54) is 17.6 Å². The zero-order chi connectivity index (χ0) is 12.5. The molecule has 0 bridgehead atoms. The second-order valence-corrected chi connectivity index (χ2v) is 5.28. The molecule has 1 aromatic carbocycles. The van der Waals surface area contributed by atoms with Gasteiger partial charge in [0.05, 0.1) is 12.0 Å². The van der Waals surface area contributed by atoms with E-state index in [1.807, 2.05) is 35.0 Å². The maximum atomic E-state index is 11.6. The molecule has 0 fully saturated rings. The summed E-state index contributed by atoms with van der Waals surface area (Å²) in [7, 11) is 0. The van der Waals surface area contributed by atoms with Gasteiger partial charge in [0, 0.05) is 24.1 Å². The Morgan fingerprint density at radius 1 is 1.17 bits per heavy atom. The molecule has 0 amide bonds. The van der Waals surface area contributed by atoms with Gasteiger partial charge in [-0.3, -0.25) is 4.79 Å². The lowest BCUT2D eigenvalue weighted by atomic mass is 10.3. The van der Waals surface area contributed by atoms with Crippen molar-refractivity contribution in [3.05, 3.63) is 63.7 Å². The number of rotatable bonds is 2. The van der Waals surface area contributed by atoms with E-state index in [-0.39, 0.29) is 5.56 Å². The maximum Gasteiger partial charge on any atom is 0.266 e. The fourth-order valence-corrected chi connectivity index (χ4v) is 2.66. The Bertz CT molecular complexity index is 713. The molecule has 0 aliphatic heterocycles. The summed E-state index contributed by atoms with van der Waals surface area (Å²) in [6.45, 7) is 0. The fraction of sp³-hybridized carbons (Fsp3) is 0. The Labute approximate surface area is 112 Å². The monoisotopic (exact) mass is 277 g/mol. The van der Waals surface area contributed by atoms with E-state index in [0.717, 1.165) is 11.4 Å². The van der Waals surface area contributed by atoms with Gasteiger partial charge < -0.3 is 4.57 Å². The lowest BCUT2D eigenvalue weighted by Crippen LogP contribution is -2.09. The molecule has 0 N–H and O–H groups in total. The zero-order valence-electron chi connectivity index (χ0n) is 9.15. The highest BCUT2D eigenvalue weighted by Gasteiger charge is 2.04. The van der Waals surface area contributed by atoms with Gasteiger partial charge in [-0.15, -0.1) is 0 Å². The van der Waals surface area contributed by atoms with Gasteiger partial charge in [0.15, 0.2) is 0 Å². The summed E-state index contributed by atoms with van der Waals surface area (Å²) in [5, 5.41) is 0. The molecule has 3 rings (SSSR count). The van der Waals surface area contributed by atoms with E-state index < -0.39 is 0 Å². The predicted octanol–water partition coefficient (Wildman–Crippen LogP) is 2.74. The molecule has 0 spiro atoms. The van der Waals surface area contributed by atoms with Gasteiger partial charge in [0.2, 0.25) is 0 Å². The van der Waals surface area contributed by atoms with Crippen molar-refractivity contribution in [2.45, 2.75) is 0 Å². The third-order valence-electron chi connectivity index (χ3n) is 2.50. The lowest BCUT2D eigenvalue weighted by Gasteiger charge is -2.04. The van der Waals surface area contributed by atoms with Crippen LogP contribution in [0.2, 0.25) is 4.34 Å². The standard InChI is InChI=1S/C12H8ClN3OS/c13-11-7-12(17)16(18-11)10-3-1-9(2-4-10)15-6-5-14-8-15/h1-8H. The average molecular weight is 278 g/mol. The minimum atomic E-state index is -0.111. The number of hydrogen-bond acceptors (Lipinski definition) is 3. The zero-order valence-corrected chi connectivity index (χ0v) is 10.7. The molecule has 0 unspecified atom stereocenters. The van der Waals surface area contributed by atoms with Crippen LogP contribution in [-0.2, 0) is 0 Å². The van der Waals surface area contributed by atoms with Crippen molar-refractivity contribution in [2.24, 2.45) is 0 Å². The Balaban J connectivity index is 2.01. The van der Waals surface area contributed by atoms with Crippen molar-refractivity contribution in [3.8, 4) is 11.4 Å². The molecule has 90 valence electrons. The summed E-state index contributed by atoms with van der Waals surface area (Å²) < 4.78 is 3.94. The minimum Gasteiger partial charge on any atom is -0.306 e. The minimum absolute atomic E-state index is 0.111. The molecule has 0 aliphatic carbocycles. The third kappa shape index (κ3) is 1.98. The summed E-state index contributed by atoms with van der Waals surface area (Å²) in [5.41, 5.74) is 1.69. The second-order valence-electron chi connectivity index (χ2n) is 3.66. The molecule has 0 aliphatic rings. The quantitative estimate of drug-likeness (QED) is 0.723. The smallest absolute Gasteiger partial charge is 0.266 e. The molecular weight excluding hydrogens is 270 g/mol. The van der Waals surface area contributed by atoms with Crippen LogP contribution in [0.5, 0.6) is 0 Å². The first kappa shape index (κ1) is 11.3. The Morgan fingerprint density at radius 2 is 1.89 bits per heavy atom. The first-order chi connectivity index (χ1) is 8.74. The summed E-state index contributed by atoms with van der Waals surface area (Å²) in [5.74, 6) is 0. The van der Waals surface area contributed by atoms with Crippen LogP contribution in [0.25, 0.3) is 11.4 Å². The molecule has 2 aromatic heterocycles. The number of aromatic nitrogens is 3. The maximum absolute atomic E-state index is 11.6. The first-order valence-electron chi connectivity index (χ1n) is 5.22. The van der Waals surface area contributed by atoms with Crippen LogP contribution in [-0.4, -0.2) is 13.5 Å². The van der Waals surface area contributed by atoms with Gasteiger partial charge >= 0.3 is 0 Å². The van der Waals surface area contributed by atoms with Crippen molar-refractivity contribution in [1.82, 2.24) is 13.5 Å². The van der Waals surface area contributed by atoms with E-state index in [4.69, 9.17) is 11.6 Å². The van der Waals surface area contributed by atoms with Crippen LogP contribution < -0.4 is 5.56 Å². The van der Waals surface area contributed by atoms with Gasteiger partial charge in [-0.1, -0.05) is 11.6 Å². The number of benzene rings is 1. The first-order valence-corrected chi connectivity index (χ1v) is 6.37. The van der Waals surface area contributed by atoms with Crippen LogP contribution >= 0.6 is 23.1 Å². The van der Waals surface area contributed by atoms with Crippen LogP contribution in [0, 0.1) is 0 Å². The number of hydrogen-bond donors (Lipinski definition) is 0. The largest absolute Gasteiger partial charge is 0.306 e. The molecule has 0 atom stereocenters. The van der Waals surface area contributed by atoms with Crippen molar-refractivity contribution in [3.63, 3.8) is 0 Å². The van der Waals surface area contributed by atoms with E-state index in [9.17, 15) is 4.79 Å². The topological polar surface area (TPSA) is 39.8 Å². The summed E-state index contributed by atoms with van der Waals surface area (Å²) in [6.07, 6.45) is 5.31. The van der Waals surface area contributed by atoms with Crippen LogP contribution in [0.1, 0.15) is 0 Å². The average Bonchev–Trinajstić information content (AvgIpc) is 2.99. The highest BCUT2D eigenvalue weighted by molar-refractivity contribution is 7.11. The van der Waals surface area contributed by atoms with Gasteiger partial charge in [0.1, 0.15) is 4.34 Å². The predicted molar refractivity (Wildman–Crippen MR) is 72.0 cm³/mol. The molecule has 0 saturated carbocycles. The summed E-state index contributed by atoms with van der Waals surface area (Å²) >= 11 is 7.03. The van der Waals surface area contributed by atoms with Crippen molar-refractivity contribution >= 4 is 23.1 Å². The van der Waals surface area contributed by atoms with E-state index >= 15 is 0 Å². The summed E-state index contributed by atoms with van der Waals surface area (Å²) in [6, 6.07) is 9.03. The van der Waals surface area contributed by atoms with E-state index in [0.29, 0.717) is 4.34 Å². The van der Waals surface area contributed by atoms with Gasteiger partial charge in [-0.25, -0.2) is 8.94 Å². The SMILES string of the molecule is O=c1cc(Cl)sn1-c1ccc(-n2ccnc2)cc1. The highest BCUT2D eigenvalue weighted by Crippen LogP contribution is 2.18. The number of imidazole rings is 1. The van der Waals surface area contributed by atoms with E-state index in [2.05, 4.69) is 4.98 Å². The summed E-state index contributed by atoms with van der Waals surface area (Å²) in [4.78, 5) is 15.6. The molecule has 6 heteroatoms. The number of halogens is 1. The Kier molecular flexibility index (Phi) is 2.77. The van der Waals surface area contributed by atoms with Crippen LogP contribution in [0.4, 0.5) is 0 Å².